The van der Waals surface area contributed by atoms with Gasteiger partial charge < -0.3 is 0 Å². The van der Waals surface area contributed by atoms with E-state index in [1.165, 1.54) is 16.5 Å². The van der Waals surface area contributed by atoms with Crippen LogP contribution in [0.2, 0.25) is 5.15 Å². The first-order valence-corrected chi connectivity index (χ1v) is 5.14. The van der Waals surface area contributed by atoms with Gasteiger partial charge in [-0.3, -0.25) is 0 Å². The van der Waals surface area contributed by atoms with E-state index in [1.807, 2.05) is 6.20 Å². The molecule has 0 amide bonds. The topological polar surface area (TPSA) is 12.9 Å². The molecule has 0 bridgehead atoms. The van der Waals surface area contributed by atoms with Crippen LogP contribution in [-0.4, -0.2) is 4.98 Å². The molecule has 0 aliphatic heterocycles. The molecule has 1 aromatic carbocycles. The van der Waals surface area contributed by atoms with Crippen molar-refractivity contribution in [2.45, 2.75) is 20.3 Å². The summed E-state index contributed by atoms with van der Waals surface area (Å²) in [6.45, 7) is 4.20. The van der Waals surface area contributed by atoms with Crippen LogP contribution in [0, 0.1) is 6.92 Å². The van der Waals surface area contributed by atoms with Crippen molar-refractivity contribution in [3.8, 4) is 0 Å². The van der Waals surface area contributed by atoms with Gasteiger partial charge in [0.1, 0.15) is 5.15 Å². The molecule has 0 aliphatic rings. The van der Waals surface area contributed by atoms with Gasteiger partial charge in [0, 0.05) is 11.6 Å². The first kappa shape index (κ1) is 9.47. The summed E-state index contributed by atoms with van der Waals surface area (Å²) in [5.41, 5.74) is 2.45. The number of nitrogens with zero attached hydrogens (tertiary/aromatic N) is 1. The number of fused-ring (bicyclic) bond motifs is 1. The van der Waals surface area contributed by atoms with Crippen molar-refractivity contribution in [1.29, 1.82) is 0 Å². The third-order valence-electron chi connectivity index (χ3n) is 2.54. The van der Waals surface area contributed by atoms with Crippen LogP contribution in [-0.2, 0) is 6.42 Å². The van der Waals surface area contributed by atoms with Gasteiger partial charge in [0.2, 0.25) is 0 Å². The summed E-state index contributed by atoms with van der Waals surface area (Å²) in [6, 6.07) is 6.23. The monoisotopic (exact) mass is 205 g/mol. The third kappa shape index (κ3) is 1.38. The van der Waals surface area contributed by atoms with Gasteiger partial charge in [0.05, 0.1) is 0 Å². The summed E-state index contributed by atoms with van der Waals surface area (Å²) in [7, 11) is 0. The molecule has 0 N–H and O–H groups in total. The maximum absolute atomic E-state index is 6.08. The van der Waals surface area contributed by atoms with Crippen molar-refractivity contribution in [2.24, 2.45) is 0 Å². The van der Waals surface area contributed by atoms with Crippen LogP contribution >= 0.6 is 11.6 Å². The lowest BCUT2D eigenvalue weighted by Crippen LogP contribution is -1.89. The van der Waals surface area contributed by atoms with E-state index in [2.05, 4.69) is 37.0 Å². The Morgan fingerprint density at radius 2 is 2.14 bits per heavy atom. The number of pyridine rings is 1. The van der Waals surface area contributed by atoms with Crippen LogP contribution in [0.1, 0.15) is 18.1 Å². The van der Waals surface area contributed by atoms with E-state index in [9.17, 15) is 0 Å². The summed E-state index contributed by atoms with van der Waals surface area (Å²) < 4.78 is 0. The van der Waals surface area contributed by atoms with Crippen molar-refractivity contribution in [1.82, 2.24) is 4.98 Å². The third-order valence-corrected chi connectivity index (χ3v) is 2.83. The molecule has 0 unspecified atom stereocenters. The number of rotatable bonds is 1. The highest BCUT2D eigenvalue weighted by molar-refractivity contribution is 6.34. The first-order chi connectivity index (χ1) is 6.74. The zero-order valence-corrected chi connectivity index (χ0v) is 9.10. The van der Waals surface area contributed by atoms with E-state index in [1.54, 1.807) is 0 Å². The molecule has 2 rings (SSSR count). The Morgan fingerprint density at radius 1 is 1.36 bits per heavy atom. The molecule has 0 saturated heterocycles. The van der Waals surface area contributed by atoms with E-state index >= 15 is 0 Å². The van der Waals surface area contributed by atoms with Gasteiger partial charge >= 0.3 is 0 Å². The molecule has 0 fully saturated rings. The van der Waals surface area contributed by atoms with E-state index in [0.29, 0.717) is 5.15 Å². The van der Waals surface area contributed by atoms with E-state index < -0.39 is 0 Å². The van der Waals surface area contributed by atoms with Crippen LogP contribution in [0.15, 0.2) is 24.4 Å². The maximum Gasteiger partial charge on any atom is 0.137 e. The van der Waals surface area contributed by atoms with E-state index in [0.717, 1.165) is 11.8 Å². The molecule has 1 aromatic heterocycles. The summed E-state index contributed by atoms with van der Waals surface area (Å²) in [6.07, 6.45) is 2.86. The maximum atomic E-state index is 6.08. The summed E-state index contributed by atoms with van der Waals surface area (Å²) in [5, 5.41) is 2.93. The van der Waals surface area contributed by atoms with Gasteiger partial charge in [-0.25, -0.2) is 4.98 Å². The SMILES string of the molecule is CCc1cnc(Cl)c2c(C)cccc12. The fraction of sp³-hybridized carbons (Fsp3) is 0.250. The highest BCUT2D eigenvalue weighted by Crippen LogP contribution is 2.27. The minimum Gasteiger partial charge on any atom is -0.244 e. The zero-order valence-electron chi connectivity index (χ0n) is 8.34. The normalized spacial score (nSPS) is 10.8. The first-order valence-electron chi connectivity index (χ1n) is 4.76. The van der Waals surface area contributed by atoms with Gasteiger partial charge in [-0.15, -0.1) is 0 Å². The number of benzene rings is 1. The predicted molar refractivity (Wildman–Crippen MR) is 60.9 cm³/mol. The van der Waals surface area contributed by atoms with E-state index in [4.69, 9.17) is 11.6 Å². The molecule has 72 valence electrons. The number of hydrogen-bond donors (Lipinski definition) is 0. The highest BCUT2D eigenvalue weighted by Gasteiger charge is 2.06. The van der Waals surface area contributed by atoms with Crippen molar-refractivity contribution >= 4 is 22.4 Å². The molecule has 0 radical (unpaired) electrons. The second kappa shape index (κ2) is 3.58. The quantitative estimate of drug-likeness (QED) is 0.646. The fourth-order valence-electron chi connectivity index (χ4n) is 1.76. The molecular weight excluding hydrogens is 194 g/mol. The molecule has 2 heteroatoms. The lowest BCUT2D eigenvalue weighted by atomic mass is 10.0. The van der Waals surface area contributed by atoms with Gasteiger partial charge in [-0.2, -0.15) is 0 Å². The summed E-state index contributed by atoms with van der Waals surface area (Å²) >= 11 is 6.08. The van der Waals surface area contributed by atoms with E-state index in [-0.39, 0.29) is 0 Å². The molecule has 1 nitrogen and oxygen atoms in total. The Bertz CT molecular complexity index is 469. The molecule has 0 saturated carbocycles. The number of halogens is 1. The van der Waals surface area contributed by atoms with Crippen molar-refractivity contribution < 1.29 is 0 Å². The molecule has 0 atom stereocenters. The van der Waals surface area contributed by atoms with Gasteiger partial charge in [-0.05, 0) is 29.9 Å². The fourth-order valence-corrected chi connectivity index (χ4v) is 2.06. The smallest absolute Gasteiger partial charge is 0.137 e. The predicted octanol–water partition coefficient (Wildman–Crippen LogP) is 3.76. The molecule has 0 spiro atoms. The molecule has 14 heavy (non-hydrogen) atoms. The second-order valence-electron chi connectivity index (χ2n) is 3.43. The Morgan fingerprint density at radius 3 is 2.86 bits per heavy atom. The van der Waals surface area contributed by atoms with Crippen LogP contribution in [0.25, 0.3) is 10.8 Å². The lowest BCUT2D eigenvalue weighted by molar-refractivity contribution is 1.13. The Kier molecular flexibility index (Phi) is 2.42. The Hall–Kier alpha value is -1.08. The van der Waals surface area contributed by atoms with Crippen LogP contribution in [0.5, 0.6) is 0 Å². The number of hydrogen-bond acceptors (Lipinski definition) is 1. The van der Waals surface area contributed by atoms with Gasteiger partial charge in [0.15, 0.2) is 0 Å². The van der Waals surface area contributed by atoms with Crippen LogP contribution in [0.3, 0.4) is 0 Å². The Balaban J connectivity index is 2.91. The minimum absolute atomic E-state index is 0.607. The lowest BCUT2D eigenvalue weighted by Gasteiger charge is -2.07. The largest absolute Gasteiger partial charge is 0.244 e. The second-order valence-corrected chi connectivity index (χ2v) is 3.78. The Labute approximate surface area is 88.7 Å². The zero-order chi connectivity index (χ0) is 10.1. The average Bonchev–Trinajstić information content (AvgIpc) is 2.18. The summed E-state index contributed by atoms with van der Waals surface area (Å²) in [4.78, 5) is 4.20. The molecule has 2 aromatic rings. The number of aromatic nitrogens is 1. The molecule has 1 heterocycles. The molecule has 0 aliphatic carbocycles. The summed E-state index contributed by atoms with van der Waals surface area (Å²) in [5.74, 6) is 0. The van der Waals surface area contributed by atoms with Crippen molar-refractivity contribution in [2.75, 3.05) is 0 Å². The van der Waals surface area contributed by atoms with Crippen LogP contribution in [0.4, 0.5) is 0 Å². The van der Waals surface area contributed by atoms with Gasteiger partial charge in [-0.1, -0.05) is 36.7 Å². The number of aryl methyl sites for hydroxylation is 2. The minimum atomic E-state index is 0.607. The highest BCUT2D eigenvalue weighted by atomic mass is 35.5. The van der Waals surface area contributed by atoms with Crippen LogP contribution < -0.4 is 0 Å². The molecular formula is C12H12ClN. The van der Waals surface area contributed by atoms with Crippen molar-refractivity contribution in [3.05, 3.63) is 40.7 Å². The average molecular weight is 206 g/mol. The van der Waals surface area contributed by atoms with Gasteiger partial charge in [0.25, 0.3) is 0 Å². The van der Waals surface area contributed by atoms with Crippen molar-refractivity contribution in [3.63, 3.8) is 0 Å². The standard InChI is InChI=1S/C12H12ClN/c1-3-9-7-14-12(13)11-8(2)5-4-6-10(9)11/h4-7H,3H2,1-2H3.